The third-order valence-corrected chi connectivity index (χ3v) is 3.62. The zero-order valence-electron chi connectivity index (χ0n) is 9.21. The lowest BCUT2D eigenvalue weighted by Gasteiger charge is -2.17. The molecule has 1 fully saturated rings. The van der Waals surface area contributed by atoms with E-state index in [2.05, 4.69) is 10.1 Å². The fraction of sp³-hybridized carbons (Fsp3) is 0.500. The predicted molar refractivity (Wildman–Crippen MR) is 61.9 cm³/mol. The van der Waals surface area contributed by atoms with Crippen LogP contribution >= 0.6 is 0 Å². The summed E-state index contributed by atoms with van der Waals surface area (Å²) >= 11 is 0. The molecule has 2 N–H and O–H groups in total. The molecule has 0 amide bonds. The molecule has 2 aromatic rings. The van der Waals surface area contributed by atoms with Gasteiger partial charge in [0.05, 0.1) is 17.9 Å². The Bertz CT molecular complexity index is 484. The molecule has 84 valence electrons. The summed E-state index contributed by atoms with van der Waals surface area (Å²) in [7, 11) is 0. The zero-order chi connectivity index (χ0) is 11.0. The fourth-order valence-electron chi connectivity index (χ4n) is 2.68. The van der Waals surface area contributed by atoms with Gasteiger partial charge < -0.3 is 5.73 Å². The van der Waals surface area contributed by atoms with Crippen molar-refractivity contribution in [1.82, 2.24) is 14.6 Å². The summed E-state index contributed by atoms with van der Waals surface area (Å²) in [5, 5.41) is 4.31. The molecule has 1 aliphatic carbocycles. The normalized spacial score (nSPS) is 19.3. The summed E-state index contributed by atoms with van der Waals surface area (Å²) in [6.45, 7) is 0. The van der Waals surface area contributed by atoms with Crippen molar-refractivity contribution in [2.24, 2.45) is 11.7 Å². The van der Waals surface area contributed by atoms with E-state index >= 15 is 0 Å². The van der Waals surface area contributed by atoms with Crippen LogP contribution in [0.2, 0.25) is 0 Å². The van der Waals surface area contributed by atoms with Crippen LogP contribution in [0.15, 0.2) is 24.8 Å². The van der Waals surface area contributed by atoms with E-state index in [-0.39, 0.29) is 6.04 Å². The van der Waals surface area contributed by atoms with Gasteiger partial charge in [-0.15, -0.1) is 0 Å². The third-order valence-electron chi connectivity index (χ3n) is 3.62. The Kier molecular flexibility index (Phi) is 2.36. The first kappa shape index (κ1) is 9.78. The maximum absolute atomic E-state index is 6.33. The Labute approximate surface area is 94.5 Å². The Hall–Kier alpha value is -1.42. The zero-order valence-corrected chi connectivity index (χ0v) is 9.21. The van der Waals surface area contributed by atoms with Crippen LogP contribution in [0.1, 0.15) is 37.3 Å². The minimum atomic E-state index is 0.115. The summed E-state index contributed by atoms with van der Waals surface area (Å²) in [6, 6.07) is 0.115. The number of fused-ring (bicyclic) bond motifs is 1. The molecule has 1 aliphatic rings. The highest BCUT2D eigenvalue weighted by Crippen LogP contribution is 2.35. The van der Waals surface area contributed by atoms with Gasteiger partial charge in [-0.2, -0.15) is 5.10 Å². The molecule has 3 rings (SSSR count). The molecule has 2 heterocycles. The van der Waals surface area contributed by atoms with Gasteiger partial charge in [0.2, 0.25) is 0 Å². The maximum atomic E-state index is 6.33. The van der Waals surface area contributed by atoms with Gasteiger partial charge in [-0.25, -0.2) is 4.52 Å². The SMILES string of the molecule is NC(c1cnn2ccncc12)C1CCCC1. The quantitative estimate of drug-likeness (QED) is 0.834. The fourth-order valence-corrected chi connectivity index (χ4v) is 2.68. The highest BCUT2D eigenvalue weighted by molar-refractivity contribution is 5.53. The third kappa shape index (κ3) is 1.50. The first-order valence-corrected chi connectivity index (χ1v) is 5.89. The summed E-state index contributed by atoms with van der Waals surface area (Å²) < 4.78 is 1.84. The van der Waals surface area contributed by atoms with E-state index in [9.17, 15) is 0 Å². The van der Waals surface area contributed by atoms with Gasteiger partial charge in [0.1, 0.15) is 0 Å². The van der Waals surface area contributed by atoms with E-state index in [1.54, 1.807) is 6.20 Å². The van der Waals surface area contributed by atoms with Crippen LogP contribution in [0.5, 0.6) is 0 Å². The van der Waals surface area contributed by atoms with Crippen LogP contribution in [0, 0.1) is 5.92 Å². The molecule has 0 bridgehead atoms. The lowest BCUT2D eigenvalue weighted by Crippen LogP contribution is -2.18. The number of hydrogen-bond acceptors (Lipinski definition) is 3. The molecular weight excluding hydrogens is 200 g/mol. The lowest BCUT2D eigenvalue weighted by molar-refractivity contribution is 0.447. The summed E-state index contributed by atoms with van der Waals surface area (Å²) in [5.41, 5.74) is 8.51. The van der Waals surface area contributed by atoms with Crippen molar-refractivity contribution < 1.29 is 0 Å². The first-order valence-electron chi connectivity index (χ1n) is 5.89. The highest BCUT2D eigenvalue weighted by atomic mass is 15.2. The van der Waals surface area contributed by atoms with Crippen LogP contribution < -0.4 is 5.73 Å². The van der Waals surface area contributed by atoms with Crippen LogP contribution in [0.4, 0.5) is 0 Å². The van der Waals surface area contributed by atoms with Gasteiger partial charge in [-0.3, -0.25) is 4.98 Å². The van der Waals surface area contributed by atoms with Crippen molar-refractivity contribution in [3.8, 4) is 0 Å². The largest absolute Gasteiger partial charge is 0.324 e. The predicted octanol–water partition coefficient (Wildman–Crippen LogP) is 1.92. The molecule has 1 atom stereocenters. The molecule has 2 aromatic heterocycles. The maximum Gasteiger partial charge on any atom is 0.0892 e. The average molecular weight is 216 g/mol. The van der Waals surface area contributed by atoms with Crippen LogP contribution in [0.3, 0.4) is 0 Å². The van der Waals surface area contributed by atoms with Crippen molar-refractivity contribution in [1.29, 1.82) is 0 Å². The number of nitrogens with two attached hydrogens (primary N) is 1. The smallest absolute Gasteiger partial charge is 0.0892 e. The van der Waals surface area contributed by atoms with Crippen LogP contribution in [0.25, 0.3) is 5.52 Å². The van der Waals surface area contributed by atoms with E-state index in [4.69, 9.17) is 5.73 Å². The first-order chi connectivity index (χ1) is 7.86. The van der Waals surface area contributed by atoms with Gasteiger partial charge >= 0.3 is 0 Å². The van der Waals surface area contributed by atoms with Gasteiger partial charge in [-0.05, 0) is 18.8 Å². The molecule has 0 aromatic carbocycles. The summed E-state index contributed by atoms with van der Waals surface area (Å²) in [4.78, 5) is 4.14. The Morgan fingerprint density at radius 2 is 2.12 bits per heavy atom. The average Bonchev–Trinajstić information content (AvgIpc) is 2.98. The molecule has 0 aliphatic heterocycles. The molecule has 0 spiro atoms. The van der Waals surface area contributed by atoms with Crippen molar-refractivity contribution in [3.05, 3.63) is 30.4 Å². The topological polar surface area (TPSA) is 56.2 Å². The van der Waals surface area contributed by atoms with Crippen molar-refractivity contribution >= 4 is 5.52 Å². The monoisotopic (exact) mass is 216 g/mol. The second-order valence-corrected chi connectivity index (χ2v) is 4.58. The van der Waals surface area contributed by atoms with Gasteiger partial charge in [-0.1, -0.05) is 12.8 Å². The number of aromatic nitrogens is 3. The standard InChI is InChI=1S/C12H16N4/c13-12(9-3-1-2-4-9)10-7-15-16-6-5-14-8-11(10)16/h5-9,12H,1-4,13H2. The highest BCUT2D eigenvalue weighted by Gasteiger charge is 2.25. The molecule has 1 unspecified atom stereocenters. The van der Waals surface area contributed by atoms with Crippen molar-refractivity contribution in [2.75, 3.05) is 0 Å². The molecule has 4 heteroatoms. The van der Waals surface area contributed by atoms with Crippen molar-refractivity contribution in [3.63, 3.8) is 0 Å². The van der Waals surface area contributed by atoms with E-state index in [1.807, 2.05) is 23.1 Å². The molecule has 0 radical (unpaired) electrons. The molecule has 16 heavy (non-hydrogen) atoms. The van der Waals surface area contributed by atoms with Crippen LogP contribution in [-0.4, -0.2) is 14.6 Å². The second kappa shape index (κ2) is 3.87. The molecule has 1 saturated carbocycles. The minimum Gasteiger partial charge on any atom is -0.324 e. The van der Waals surface area contributed by atoms with E-state index in [1.165, 1.54) is 25.7 Å². The van der Waals surface area contributed by atoms with E-state index in [0.29, 0.717) is 5.92 Å². The second-order valence-electron chi connectivity index (χ2n) is 4.58. The summed E-state index contributed by atoms with van der Waals surface area (Å²) in [5.74, 6) is 0.619. The number of nitrogens with zero attached hydrogens (tertiary/aromatic N) is 3. The van der Waals surface area contributed by atoms with Gasteiger partial charge in [0, 0.05) is 24.0 Å². The Balaban J connectivity index is 1.98. The van der Waals surface area contributed by atoms with E-state index in [0.717, 1.165) is 11.1 Å². The van der Waals surface area contributed by atoms with Crippen LogP contribution in [-0.2, 0) is 0 Å². The molecule has 0 saturated heterocycles. The minimum absolute atomic E-state index is 0.115. The van der Waals surface area contributed by atoms with Crippen molar-refractivity contribution in [2.45, 2.75) is 31.7 Å². The van der Waals surface area contributed by atoms with Gasteiger partial charge in [0.15, 0.2) is 0 Å². The van der Waals surface area contributed by atoms with E-state index < -0.39 is 0 Å². The molecule has 4 nitrogen and oxygen atoms in total. The summed E-state index contributed by atoms with van der Waals surface area (Å²) in [6.07, 6.45) is 12.5. The van der Waals surface area contributed by atoms with Gasteiger partial charge in [0.25, 0.3) is 0 Å². The Morgan fingerprint density at radius 1 is 1.31 bits per heavy atom. The number of rotatable bonds is 2. The lowest BCUT2D eigenvalue weighted by atomic mass is 9.93. The Morgan fingerprint density at radius 3 is 2.94 bits per heavy atom. The molecular formula is C12H16N4. The number of hydrogen-bond donors (Lipinski definition) is 1.